The lowest BCUT2D eigenvalue weighted by Crippen LogP contribution is -2.61. The largest absolute Gasteiger partial charge is 0.390 e. The Labute approximate surface area is 147 Å². The molecule has 3 unspecified atom stereocenters. The highest BCUT2D eigenvalue weighted by Crippen LogP contribution is 2.62. The van der Waals surface area contributed by atoms with Crippen LogP contribution in [0.1, 0.15) is 61.4 Å². The second kappa shape index (κ2) is 5.54. The maximum atomic E-state index is 13.6. The minimum absolute atomic E-state index is 0.0696. The molecule has 5 rings (SSSR count). The highest BCUT2D eigenvalue weighted by atomic mass is 19.1. The van der Waals surface area contributed by atoms with Gasteiger partial charge < -0.3 is 10.4 Å². The van der Waals surface area contributed by atoms with Gasteiger partial charge in [-0.3, -0.25) is 4.79 Å². The van der Waals surface area contributed by atoms with Gasteiger partial charge >= 0.3 is 0 Å². The molecule has 4 fully saturated rings. The molecule has 1 aromatic carbocycles. The summed E-state index contributed by atoms with van der Waals surface area (Å²) in [5, 5.41) is 22.9. The number of hydrogen-bond acceptors (Lipinski definition) is 3. The molecule has 4 aliphatic rings. The first kappa shape index (κ1) is 16.5. The number of halogens is 1. The van der Waals surface area contributed by atoms with Gasteiger partial charge in [0.25, 0.3) is 5.91 Å². The Balaban J connectivity index is 1.54. The Hall–Kier alpha value is -1.93. The Morgan fingerprint density at radius 3 is 2.60 bits per heavy atom. The molecule has 4 nitrogen and oxygen atoms in total. The Kier molecular flexibility index (Phi) is 3.66. The van der Waals surface area contributed by atoms with Crippen molar-refractivity contribution in [1.29, 1.82) is 5.26 Å². The molecule has 0 aromatic heterocycles. The molecule has 0 heterocycles. The monoisotopic (exact) mass is 342 g/mol. The molecular weight excluding hydrogens is 319 g/mol. The summed E-state index contributed by atoms with van der Waals surface area (Å²) in [6.07, 6.45) is 5.80. The van der Waals surface area contributed by atoms with Gasteiger partial charge in [-0.05, 0) is 80.9 Å². The van der Waals surface area contributed by atoms with Crippen molar-refractivity contribution in [3.05, 3.63) is 35.1 Å². The predicted octanol–water partition coefficient (Wildman–Crippen LogP) is 3.15. The van der Waals surface area contributed by atoms with Gasteiger partial charge in [0.2, 0.25) is 0 Å². The maximum Gasteiger partial charge on any atom is 0.251 e. The van der Waals surface area contributed by atoms with Crippen LogP contribution >= 0.6 is 0 Å². The third-order valence-electron chi connectivity index (χ3n) is 6.63. The number of rotatable bonds is 3. The average molecular weight is 342 g/mol. The molecule has 4 bridgehead atoms. The van der Waals surface area contributed by atoms with Crippen LogP contribution in [0.25, 0.3) is 0 Å². The minimum Gasteiger partial charge on any atom is -0.390 e. The molecule has 1 aromatic rings. The number of nitrogens with one attached hydrogen (secondary N) is 1. The molecule has 25 heavy (non-hydrogen) atoms. The first-order chi connectivity index (χ1) is 11.8. The fraction of sp³-hybridized carbons (Fsp3) is 0.600. The summed E-state index contributed by atoms with van der Waals surface area (Å²) >= 11 is 0. The quantitative estimate of drug-likeness (QED) is 0.886. The van der Waals surface area contributed by atoms with E-state index in [0.29, 0.717) is 11.8 Å². The average Bonchev–Trinajstić information content (AvgIpc) is 2.51. The van der Waals surface area contributed by atoms with Crippen molar-refractivity contribution in [3.8, 4) is 6.07 Å². The summed E-state index contributed by atoms with van der Waals surface area (Å²) in [6, 6.07) is 5.48. The smallest absolute Gasteiger partial charge is 0.251 e. The van der Waals surface area contributed by atoms with E-state index < -0.39 is 11.4 Å². The lowest BCUT2D eigenvalue weighted by molar-refractivity contribution is -0.171. The van der Waals surface area contributed by atoms with Gasteiger partial charge in [-0.15, -0.1) is 0 Å². The standard InChI is InChI=1S/C20H23FN2O2/c1-12(23-18(24)16-3-13(10-22)4-17(21)5-16)19-6-14-2-15(7-19)9-20(25,8-14)11-19/h3-5,12,14-15,25H,2,6-9,11H2,1H3,(H,23,24). The van der Waals surface area contributed by atoms with Crippen molar-refractivity contribution in [3.63, 3.8) is 0 Å². The van der Waals surface area contributed by atoms with Gasteiger partial charge in [0, 0.05) is 11.6 Å². The van der Waals surface area contributed by atoms with Crippen LogP contribution in [0, 0.1) is 34.4 Å². The zero-order valence-corrected chi connectivity index (χ0v) is 14.4. The Morgan fingerprint density at radius 1 is 1.32 bits per heavy atom. The zero-order chi connectivity index (χ0) is 17.8. The van der Waals surface area contributed by atoms with Crippen molar-refractivity contribution < 1.29 is 14.3 Å². The van der Waals surface area contributed by atoms with Crippen molar-refractivity contribution in [2.45, 2.75) is 57.1 Å². The van der Waals surface area contributed by atoms with E-state index in [1.807, 2.05) is 13.0 Å². The van der Waals surface area contributed by atoms with Crippen molar-refractivity contribution in [2.75, 3.05) is 0 Å². The number of carbonyl (C=O) groups is 1. The fourth-order valence-electron chi connectivity index (χ4n) is 6.01. The number of nitriles is 1. The summed E-state index contributed by atoms with van der Waals surface area (Å²) < 4.78 is 13.6. The Bertz CT molecular complexity index is 755. The molecular formula is C20H23FN2O2. The second-order valence-corrected chi connectivity index (χ2v) is 8.58. The number of hydrogen-bond donors (Lipinski definition) is 2. The van der Waals surface area contributed by atoms with Crippen LogP contribution in [0.2, 0.25) is 0 Å². The maximum absolute atomic E-state index is 13.6. The van der Waals surface area contributed by atoms with E-state index in [1.165, 1.54) is 12.5 Å². The minimum atomic E-state index is -0.582. The first-order valence-electron chi connectivity index (χ1n) is 9.05. The molecule has 3 atom stereocenters. The van der Waals surface area contributed by atoms with Crippen LogP contribution in [0.15, 0.2) is 18.2 Å². The Morgan fingerprint density at radius 2 is 2.00 bits per heavy atom. The van der Waals surface area contributed by atoms with Crippen molar-refractivity contribution >= 4 is 5.91 Å². The van der Waals surface area contributed by atoms with Crippen LogP contribution in [-0.2, 0) is 0 Å². The van der Waals surface area contributed by atoms with Gasteiger partial charge in [0.1, 0.15) is 5.82 Å². The third kappa shape index (κ3) is 2.83. The van der Waals surface area contributed by atoms with Crippen LogP contribution in [-0.4, -0.2) is 22.7 Å². The third-order valence-corrected chi connectivity index (χ3v) is 6.63. The SMILES string of the molecule is CC(NC(=O)c1cc(F)cc(C#N)c1)C12CC3CC(CC(O)(C3)C1)C2. The van der Waals surface area contributed by atoms with Gasteiger partial charge in [0.05, 0.1) is 17.2 Å². The molecule has 132 valence electrons. The second-order valence-electron chi connectivity index (χ2n) is 8.58. The molecule has 5 heteroatoms. The molecule has 0 spiro atoms. The molecule has 4 saturated carbocycles. The van der Waals surface area contributed by atoms with Crippen LogP contribution in [0.5, 0.6) is 0 Å². The summed E-state index contributed by atoms with van der Waals surface area (Å²) in [5.41, 5.74) is -0.329. The van der Waals surface area contributed by atoms with E-state index in [2.05, 4.69) is 5.32 Å². The van der Waals surface area contributed by atoms with Crippen molar-refractivity contribution in [2.24, 2.45) is 17.3 Å². The molecule has 0 radical (unpaired) electrons. The zero-order valence-electron chi connectivity index (χ0n) is 14.4. The van der Waals surface area contributed by atoms with Gasteiger partial charge in [-0.25, -0.2) is 4.39 Å². The van der Waals surface area contributed by atoms with Gasteiger partial charge in [-0.1, -0.05) is 0 Å². The van der Waals surface area contributed by atoms with E-state index in [4.69, 9.17) is 5.26 Å². The van der Waals surface area contributed by atoms with Gasteiger partial charge in [0.15, 0.2) is 0 Å². The van der Waals surface area contributed by atoms with Crippen LogP contribution < -0.4 is 5.32 Å². The number of amides is 1. The summed E-state index contributed by atoms with van der Waals surface area (Å²) in [4.78, 5) is 12.6. The lowest BCUT2D eigenvalue weighted by Gasteiger charge is -2.62. The number of nitrogens with zero attached hydrogens (tertiary/aromatic N) is 1. The van der Waals surface area contributed by atoms with Crippen molar-refractivity contribution in [1.82, 2.24) is 5.32 Å². The number of carbonyl (C=O) groups excluding carboxylic acids is 1. The highest BCUT2D eigenvalue weighted by molar-refractivity contribution is 5.94. The number of aliphatic hydroxyl groups is 1. The van der Waals surface area contributed by atoms with Crippen LogP contribution in [0.4, 0.5) is 4.39 Å². The first-order valence-corrected chi connectivity index (χ1v) is 9.05. The highest BCUT2D eigenvalue weighted by Gasteiger charge is 2.59. The lowest BCUT2D eigenvalue weighted by atomic mass is 9.46. The van der Waals surface area contributed by atoms with E-state index >= 15 is 0 Å². The molecule has 2 N–H and O–H groups in total. The predicted molar refractivity (Wildman–Crippen MR) is 90.1 cm³/mol. The van der Waals surface area contributed by atoms with Crippen LogP contribution in [0.3, 0.4) is 0 Å². The van der Waals surface area contributed by atoms with E-state index in [9.17, 15) is 14.3 Å². The fourth-order valence-corrected chi connectivity index (χ4v) is 6.01. The molecule has 1 amide bonds. The molecule has 0 aliphatic heterocycles. The van der Waals surface area contributed by atoms with E-state index in [1.54, 1.807) is 0 Å². The number of benzene rings is 1. The molecule has 0 saturated heterocycles. The topological polar surface area (TPSA) is 73.1 Å². The summed E-state index contributed by atoms with van der Waals surface area (Å²) in [5.74, 6) is 0.155. The summed E-state index contributed by atoms with van der Waals surface area (Å²) in [6.45, 7) is 2.00. The van der Waals surface area contributed by atoms with E-state index in [-0.39, 0.29) is 28.5 Å². The molecule has 4 aliphatic carbocycles. The van der Waals surface area contributed by atoms with E-state index in [0.717, 1.165) is 44.2 Å². The normalized spacial score (nSPS) is 36.7. The summed E-state index contributed by atoms with van der Waals surface area (Å²) in [7, 11) is 0. The van der Waals surface area contributed by atoms with Gasteiger partial charge in [-0.2, -0.15) is 5.26 Å².